The van der Waals surface area contributed by atoms with E-state index < -0.39 is 0 Å². The Balaban J connectivity index is 1.34. The molecule has 8 aromatic rings. The number of fused-ring (bicyclic) bond motifs is 3. The van der Waals surface area contributed by atoms with Crippen LogP contribution in [0.15, 0.2) is 146 Å². The van der Waals surface area contributed by atoms with Gasteiger partial charge < -0.3 is 4.57 Å². The van der Waals surface area contributed by atoms with E-state index in [1.54, 1.807) is 0 Å². The van der Waals surface area contributed by atoms with Gasteiger partial charge in [-0.25, -0.2) is 15.0 Å². The van der Waals surface area contributed by atoms with E-state index in [2.05, 4.69) is 84.3 Å². The summed E-state index contributed by atoms with van der Waals surface area (Å²) in [4.78, 5) is 14.7. The Hall–Kier alpha value is -6.38. The van der Waals surface area contributed by atoms with Crippen LogP contribution in [-0.2, 0) is 0 Å². The van der Waals surface area contributed by atoms with E-state index in [9.17, 15) is 5.26 Å². The number of nitrogens with zero attached hydrogens (tertiary/aromatic N) is 5. The lowest BCUT2D eigenvalue weighted by Crippen LogP contribution is -2.02. The number of aromatic nitrogens is 4. The Bertz CT molecular complexity index is 2380. The molecule has 8 rings (SSSR count). The zero-order valence-electron chi connectivity index (χ0n) is 25.1. The zero-order chi connectivity index (χ0) is 31.0. The molecule has 0 aliphatic heterocycles. The molecule has 2 aromatic heterocycles. The van der Waals surface area contributed by atoms with Crippen LogP contribution in [0.25, 0.3) is 72.8 Å². The van der Waals surface area contributed by atoms with Gasteiger partial charge in [0.05, 0.1) is 22.7 Å². The summed E-state index contributed by atoms with van der Waals surface area (Å²) in [5.74, 6) is 1.56. The van der Waals surface area contributed by atoms with E-state index in [-0.39, 0.29) is 0 Å². The molecule has 0 amide bonds. The smallest absolute Gasteiger partial charge is 0.165 e. The first kappa shape index (κ1) is 27.2. The third-order valence-corrected chi connectivity index (χ3v) is 8.35. The first-order valence-electron chi connectivity index (χ1n) is 15.2. The minimum Gasteiger partial charge on any atom is -0.309 e. The Morgan fingerprint density at radius 2 is 1.11 bits per heavy atom. The normalized spacial score (nSPS) is 11.1. The number of rotatable bonds is 5. The van der Waals surface area contributed by atoms with Crippen LogP contribution in [0.1, 0.15) is 11.1 Å². The second-order valence-electron chi connectivity index (χ2n) is 11.3. The molecule has 2 heterocycles. The summed E-state index contributed by atoms with van der Waals surface area (Å²) >= 11 is 0. The van der Waals surface area contributed by atoms with Crippen LogP contribution in [-0.4, -0.2) is 19.5 Å². The lowest BCUT2D eigenvalue weighted by Gasteiger charge is -2.13. The quantitative estimate of drug-likeness (QED) is 0.200. The van der Waals surface area contributed by atoms with E-state index in [1.807, 2.05) is 78.9 Å². The monoisotopic (exact) mass is 589 g/mol. The van der Waals surface area contributed by atoms with Gasteiger partial charge in [-0.2, -0.15) is 5.26 Å². The van der Waals surface area contributed by atoms with Gasteiger partial charge in [0.1, 0.15) is 0 Å². The van der Waals surface area contributed by atoms with Crippen molar-refractivity contribution in [3.05, 3.63) is 157 Å². The van der Waals surface area contributed by atoms with E-state index in [0.29, 0.717) is 28.6 Å². The Morgan fingerprint density at radius 1 is 0.500 bits per heavy atom. The number of nitriles is 1. The Kier molecular flexibility index (Phi) is 6.67. The van der Waals surface area contributed by atoms with Crippen molar-refractivity contribution in [1.29, 1.82) is 5.26 Å². The third-order valence-electron chi connectivity index (χ3n) is 8.35. The van der Waals surface area contributed by atoms with Gasteiger partial charge in [-0.05, 0) is 54.4 Å². The SMILES string of the molecule is Cc1cccc(-c2ccc3c(c2)c2ccccc2n3-c2ccc(C#N)c(-c3nc(-c4ccccc4)nc(-c4ccccc4)n3)c2)c1. The summed E-state index contributed by atoms with van der Waals surface area (Å²) in [6.07, 6.45) is 0. The van der Waals surface area contributed by atoms with Crippen LogP contribution in [0.3, 0.4) is 0 Å². The summed E-state index contributed by atoms with van der Waals surface area (Å²) in [5.41, 5.74) is 9.59. The van der Waals surface area contributed by atoms with E-state index in [1.165, 1.54) is 22.1 Å². The van der Waals surface area contributed by atoms with Crippen LogP contribution in [0.4, 0.5) is 0 Å². The highest BCUT2D eigenvalue weighted by Crippen LogP contribution is 2.36. The molecule has 0 radical (unpaired) electrons. The zero-order valence-corrected chi connectivity index (χ0v) is 25.1. The van der Waals surface area contributed by atoms with Gasteiger partial charge in [-0.1, -0.05) is 115 Å². The molecule has 0 fully saturated rings. The van der Waals surface area contributed by atoms with Gasteiger partial charge >= 0.3 is 0 Å². The molecular formula is C41H27N5. The molecular weight excluding hydrogens is 562 g/mol. The van der Waals surface area contributed by atoms with Crippen LogP contribution in [0, 0.1) is 18.3 Å². The van der Waals surface area contributed by atoms with Crippen LogP contribution >= 0.6 is 0 Å². The van der Waals surface area contributed by atoms with Crippen LogP contribution in [0.5, 0.6) is 0 Å². The average molecular weight is 590 g/mol. The van der Waals surface area contributed by atoms with Crippen molar-refractivity contribution in [2.24, 2.45) is 0 Å². The molecule has 5 nitrogen and oxygen atoms in total. The second kappa shape index (κ2) is 11.3. The topological polar surface area (TPSA) is 67.4 Å². The Morgan fingerprint density at radius 3 is 1.80 bits per heavy atom. The summed E-state index contributed by atoms with van der Waals surface area (Å²) in [6, 6.07) is 51.7. The molecule has 0 atom stereocenters. The maximum absolute atomic E-state index is 10.2. The van der Waals surface area contributed by atoms with E-state index in [4.69, 9.17) is 15.0 Å². The summed E-state index contributed by atoms with van der Waals surface area (Å²) in [5, 5.41) is 12.6. The van der Waals surface area contributed by atoms with Crippen LogP contribution < -0.4 is 0 Å². The van der Waals surface area contributed by atoms with Crippen LogP contribution in [0.2, 0.25) is 0 Å². The predicted octanol–water partition coefficient (Wildman–Crippen LogP) is 9.82. The van der Waals surface area contributed by atoms with Crippen molar-refractivity contribution in [3.8, 4) is 57.0 Å². The molecule has 0 saturated heterocycles. The molecule has 46 heavy (non-hydrogen) atoms. The number of hydrogen-bond acceptors (Lipinski definition) is 4. The van der Waals surface area contributed by atoms with Crippen molar-refractivity contribution in [2.75, 3.05) is 0 Å². The number of hydrogen-bond donors (Lipinski definition) is 0. The summed E-state index contributed by atoms with van der Waals surface area (Å²) in [7, 11) is 0. The molecule has 0 aliphatic carbocycles. The highest BCUT2D eigenvalue weighted by Gasteiger charge is 2.18. The van der Waals surface area contributed by atoms with Crippen molar-refractivity contribution >= 4 is 21.8 Å². The summed E-state index contributed by atoms with van der Waals surface area (Å²) < 4.78 is 2.26. The van der Waals surface area contributed by atoms with Crippen molar-refractivity contribution < 1.29 is 0 Å². The minimum atomic E-state index is 0.452. The van der Waals surface area contributed by atoms with E-state index >= 15 is 0 Å². The van der Waals surface area contributed by atoms with Gasteiger partial charge in [0, 0.05) is 33.2 Å². The number of aryl methyl sites for hydroxylation is 1. The molecule has 0 spiro atoms. The molecule has 0 N–H and O–H groups in total. The van der Waals surface area contributed by atoms with Gasteiger partial charge in [0.25, 0.3) is 0 Å². The predicted molar refractivity (Wildman–Crippen MR) is 185 cm³/mol. The van der Waals surface area contributed by atoms with E-state index in [0.717, 1.165) is 33.2 Å². The van der Waals surface area contributed by atoms with Gasteiger partial charge in [-0.15, -0.1) is 0 Å². The fourth-order valence-corrected chi connectivity index (χ4v) is 6.14. The first-order chi connectivity index (χ1) is 22.7. The molecule has 216 valence electrons. The largest absolute Gasteiger partial charge is 0.309 e. The molecule has 5 heteroatoms. The van der Waals surface area contributed by atoms with Crippen molar-refractivity contribution in [2.45, 2.75) is 6.92 Å². The van der Waals surface area contributed by atoms with Gasteiger partial charge in [0.2, 0.25) is 0 Å². The fourth-order valence-electron chi connectivity index (χ4n) is 6.14. The fraction of sp³-hybridized carbons (Fsp3) is 0.0244. The first-order valence-corrected chi connectivity index (χ1v) is 15.2. The Labute approximate surface area is 266 Å². The highest BCUT2D eigenvalue weighted by atomic mass is 15.0. The average Bonchev–Trinajstić information content (AvgIpc) is 3.45. The van der Waals surface area contributed by atoms with Crippen molar-refractivity contribution in [1.82, 2.24) is 19.5 Å². The van der Waals surface area contributed by atoms with Gasteiger partial charge in [0.15, 0.2) is 17.5 Å². The van der Waals surface area contributed by atoms with Crippen molar-refractivity contribution in [3.63, 3.8) is 0 Å². The highest BCUT2D eigenvalue weighted by molar-refractivity contribution is 6.10. The summed E-state index contributed by atoms with van der Waals surface area (Å²) in [6.45, 7) is 2.12. The maximum atomic E-state index is 10.2. The standard InChI is InChI=1S/C41H27N5/c1-27-11-10-16-30(23-27)31-20-22-38-36(24-31)34-17-8-9-18-37(34)46(38)33-21-19-32(26-42)35(25-33)41-44-39(28-12-4-2-5-13-28)43-40(45-41)29-14-6-3-7-15-29/h2-25H,1H3. The number of para-hydroxylation sites is 1. The second-order valence-corrected chi connectivity index (χ2v) is 11.3. The molecule has 0 saturated carbocycles. The molecule has 0 bridgehead atoms. The molecule has 0 unspecified atom stereocenters. The number of benzene rings is 6. The lowest BCUT2D eigenvalue weighted by atomic mass is 10.0. The maximum Gasteiger partial charge on any atom is 0.165 e. The molecule has 0 aliphatic rings. The third kappa shape index (κ3) is 4.79. The minimum absolute atomic E-state index is 0.452. The lowest BCUT2D eigenvalue weighted by molar-refractivity contribution is 1.07. The molecule has 6 aromatic carbocycles. The van der Waals surface area contributed by atoms with Gasteiger partial charge in [-0.3, -0.25) is 0 Å².